The van der Waals surface area contributed by atoms with Crippen LogP contribution in [0.3, 0.4) is 0 Å². The van der Waals surface area contributed by atoms with Crippen LogP contribution in [0.2, 0.25) is 0 Å². The van der Waals surface area contributed by atoms with Crippen LogP contribution in [0.4, 0.5) is 5.69 Å². The van der Waals surface area contributed by atoms with Gasteiger partial charge in [-0.2, -0.15) is 0 Å². The maximum absolute atomic E-state index is 13.1. The average Bonchev–Trinajstić information content (AvgIpc) is 2.86. The van der Waals surface area contributed by atoms with Gasteiger partial charge in [-0.05, 0) is 30.5 Å². The zero-order chi connectivity index (χ0) is 25.3. The van der Waals surface area contributed by atoms with E-state index in [0.717, 1.165) is 44.3 Å². The van der Waals surface area contributed by atoms with Gasteiger partial charge in [-0.15, -0.1) is 0 Å². The zero-order valence-electron chi connectivity index (χ0n) is 21.7. The van der Waals surface area contributed by atoms with Crippen LogP contribution < -0.4 is 14.8 Å². The number of carbonyl (C=O) groups is 2. The number of hydrogen-bond donors (Lipinski definition) is 1. The van der Waals surface area contributed by atoms with Gasteiger partial charge in [0.2, 0.25) is 5.91 Å². The third-order valence-corrected chi connectivity index (χ3v) is 5.78. The minimum atomic E-state index is -0.201. The van der Waals surface area contributed by atoms with Crippen LogP contribution in [0, 0.1) is 0 Å². The quantitative estimate of drug-likeness (QED) is 0.258. The van der Waals surface area contributed by atoms with Crippen LogP contribution in [0.25, 0.3) is 0 Å². The molecule has 2 aromatic carbocycles. The zero-order valence-corrected chi connectivity index (χ0v) is 21.7. The fraction of sp³-hybridized carbons (Fsp3) is 0.517. The second kappa shape index (κ2) is 16.6. The van der Waals surface area contributed by atoms with Gasteiger partial charge in [0.1, 0.15) is 18.1 Å². The van der Waals surface area contributed by atoms with Gasteiger partial charge < -0.3 is 19.7 Å². The number of ether oxygens (including phenoxy) is 2. The SMILES string of the molecule is CCCCCCN(CCCCCC)C(=O)COc1cc(OCc2ccccc2)ccc1NC(C)=O. The van der Waals surface area contributed by atoms with Gasteiger partial charge in [0.15, 0.2) is 6.61 Å². The molecule has 0 spiro atoms. The number of unbranched alkanes of at least 4 members (excludes halogenated alkanes) is 6. The molecule has 35 heavy (non-hydrogen) atoms. The Morgan fingerprint density at radius 2 is 1.49 bits per heavy atom. The Morgan fingerprint density at radius 3 is 2.09 bits per heavy atom. The summed E-state index contributed by atoms with van der Waals surface area (Å²) in [6.07, 6.45) is 8.98. The molecular weight excluding hydrogens is 440 g/mol. The maximum atomic E-state index is 13.1. The molecule has 6 heteroatoms. The van der Waals surface area contributed by atoms with Crippen molar-refractivity contribution in [3.05, 3.63) is 54.1 Å². The Hall–Kier alpha value is -3.02. The molecule has 0 radical (unpaired) electrons. The topological polar surface area (TPSA) is 67.9 Å². The molecule has 0 heterocycles. The first-order valence-corrected chi connectivity index (χ1v) is 13.0. The summed E-state index contributed by atoms with van der Waals surface area (Å²) in [6, 6.07) is 15.2. The second-order valence-electron chi connectivity index (χ2n) is 8.90. The molecule has 0 aliphatic heterocycles. The van der Waals surface area contributed by atoms with Crippen LogP contribution in [0.1, 0.15) is 77.7 Å². The van der Waals surface area contributed by atoms with Crippen molar-refractivity contribution in [2.45, 2.75) is 78.7 Å². The molecule has 0 atom stereocenters. The lowest BCUT2D eigenvalue weighted by molar-refractivity contribution is -0.133. The van der Waals surface area contributed by atoms with E-state index in [9.17, 15) is 9.59 Å². The maximum Gasteiger partial charge on any atom is 0.260 e. The first-order chi connectivity index (χ1) is 17.0. The van der Waals surface area contributed by atoms with Crippen molar-refractivity contribution in [2.75, 3.05) is 25.0 Å². The van der Waals surface area contributed by atoms with Crippen molar-refractivity contribution in [1.29, 1.82) is 0 Å². The minimum absolute atomic E-state index is 0.0256. The molecule has 2 amide bonds. The van der Waals surface area contributed by atoms with E-state index < -0.39 is 0 Å². The van der Waals surface area contributed by atoms with E-state index in [2.05, 4.69) is 19.2 Å². The molecule has 2 rings (SSSR count). The smallest absolute Gasteiger partial charge is 0.260 e. The highest BCUT2D eigenvalue weighted by molar-refractivity contribution is 5.90. The summed E-state index contributed by atoms with van der Waals surface area (Å²) in [7, 11) is 0. The predicted molar refractivity (Wildman–Crippen MR) is 142 cm³/mol. The Morgan fingerprint density at radius 1 is 0.829 bits per heavy atom. The monoisotopic (exact) mass is 482 g/mol. The lowest BCUT2D eigenvalue weighted by Gasteiger charge is -2.23. The molecule has 2 aromatic rings. The third kappa shape index (κ3) is 11.3. The highest BCUT2D eigenvalue weighted by Gasteiger charge is 2.16. The lowest BCUT2D eigenvalue weighted by atomic mass is 10.1. The first kappa shape index (κ1) is 28.2. The molecule has 6 nitrogen and oxygen atoms in total. The second-order valence-corrected chi connectivity index (χ2v) is 8.90. The first-order valence-electron chi connectivity index (χ1n) is 13.0. The normalized spacial score (nSPS) is 10.6. The van der Waals surface area contributed by atoms with Crippen LogP contribution in [-0.2, 0) is 16.2 Å². The highest BCUT2D eigenvalue weighted by Crippen LogP contribution is 2.30. The fourth-order valence-corrected chi connectivity index (χ4v) is 3.80. The van der Waals surface area contributed by atoms with Crippen molar-refractivity contribution in [3.8, 4) is 11.5 Å². The molecule has 0 aliphatic carbocycles. The number of nitrogens with zero attached hydrogens (tertiary/aromatic N) is 1. The molecule has 0 aliphatic rings. The summed E-state index contributed by atoms with van der Waals surface area (Å²) < 4.78 is 11.9. The number of carbonyl (C=O) groups excluding carboxylic acids is 2. The van der Waals surface area contributed by atoms with Gasteiger partial charge in [0.05, 0.1) is 5.69 Å². The predicted octanol–water partition coefficient (Wildman–Crippen LogP) is 6.59. The molecule has 192 valence electrons. The number of benzene rings is 2. The van der Waals surface area contributed by atoms with E-state index in [-0.39, 0.29) is 18.4 Å². The van der Waals surface area contributed by atoms with E-state index in [0.29, 0.717) is 23.8 Å². The number of nitrogens with one attached hydrogen (secondary N) is 1. The van der Waals surface area contributed by atoms with Gasteiger partial charge >= 0.3 is 0 Å². The Bertz CT molecular complexity index is 874. The van der Waals surface area contributed by atoms with Gasteiger partial charge in [-0.25, -0.2) is 0 Å². The molecule has 0 unspecified atom stereocenters. The molecule has 0 fully saturated rings. The lowest BCUT2D eigenvalue weighted by Crippen LogP contribution is -2.36. The van der Waals surface area contributed by atoms with E-state index >= 15 is 0 Å². The average molecular weight is 483 g/mol. The van der Waals surface area contributed by atoms with E-state index in [1.165, 1.54) is 32.6 Å². The summed E-state index contributed by atoms with van der Waals surface area (Å²) in [4.78, 5) is 26.7. The van der Waals surface area contributed by atoms with Crippen molar-refractivity contribution >= 4 is 17.5 Å². The summed E-state index contributed by atoms with van der Waals surface area (Å²) in [6.45, 7) is 7.68. The van der Waals surface area contributed by atoms with Gasteiger partial charge in [-0.1, -0.05) is 82.7 Å². The molecule has 0 aromatic heterocycles. The van der Waals surface area contributed by atoms with Gasteiger partial charge in [-0.3, -0.25) is 9.59 Å². The number of hydrogen-bond acceptors (Lipinski definition) is 4. The van der Waals surface area contributed by atoms with Crippen LogP contribution in [0.15, 0.2) is 48.5 Å². The molecule has 0 bridgehead atoms. The Balaban J connectivity index is 2.03. The third-order valence-electron chi connectivity index (χ3n) is 5.78. The Labute approximate surface area is 211 Å². The molecule has 0 saturated carbocycles. The summed E-state index contributed by atoms with van der Waals surface area (Å²) in [5.41, 5.74) is 1.58. The molecule has 0 saturated heterocycles. The van der Waals surface area contributed by atoms with Gasteiger partial charge in [0.25, 0.3) is 5.91 Å². The standard InChI is InChI=1S/C29H42N2O4/c1-4-6-8-13-19-31(20-14-9-7-5-2)29(33)23-35-28-21-26(17-18-27(28)30-24(3)32)34-22-25-15-11-10-12-16-25/h10-12,15-18,21H,4-9,13-14,19-20,22-23H2,1-3H3,(H,30,32). The van der Waals surface area contributed by atoms with Crippen molar-refractivity contribution < 1.29 is 19.1 Å². The highest BCUT2D eigenvalue weighted by atomic mass is 16.5. The van der Waals surface area contributed by atoms with E-state index in [1.54, 1.807) is 18.2 Å². The van der Waals surface area contributed by atoms with Crippen LogP contribution in [0.5, 0.6) is 11.5 Å². The minimum Gasteiger partial charge on any atom is -0.489 e. The van der Waals surface area contributed by atoms with E-state index in [4.69, 9.17) is 9.47 Å². The Kier molecular flexibility index (Phi) is 13.4. The largest absolute Gasteiger partial charge is 0.489 e. The summed E-state index contributed by atoms with van der Waals surface area (Å²) in [5.74, 6) is 0.812. The molecule has 1 N–H and O–H groups in total. The number of amides is 2. The molecular formula is C29H42N2O4. The summed E-state index contributed by atoms with van der Waals surface area (Å²) >= 11 is 0. The van der Waals surface area contributed by atoms with Crippen molar-refractivity contribution in [2.24, 2.45) is 0 Å². The van der Waals surface area contributed by atoms with E-state index in [1.807, 2.05) is 35.2 Å². The van der Waals surface area contributed by atoms with Crippen LogP contribution in [-0.4, -0.2) is 36.4 Å². The van der Waals surface area contributed by atoms with Crippen LogP contribution >= 0.6 is 0 Å². The fourth-order valence-electron chi connectivity index (χ4n) is 3.80. The summed E-state index contributed by atoms with van der Waals surface area (Å²) in [5, 5.41) is 2.78. The van der Waals surface area contributed by atoms with Crippen molar-refractivity contribution in [3.63, 3.8) is 0 Å². The van der Waals surface area contributed by atoms with Crippen molar-refractivity contribution in [1.82, 2.24) is 4.90 Å². The van der Waals surface area contributed by atoms with Gasteiger partial charge in [0, 0.05) is 26.1 Å². The number of rotatable bonds is 17. The number of anilines is 1.